The predicted molar refractivity (Wildman–Crippen MR) is 66.3 cm³/mol. The monoisotopic (exact) mass is 240 g/mol. The van der Waals surface area contributed by atoms with Gasteiger partial charge in [0.2, 0.25) is 0 Å². The molecule has 0 saturated heterocycles. The van der Waals surface area contributed by atoms with Crippen molar-refractivity contribution in [2.45, 2.75) is 39.5 Å². The van der Waals surface area contributed by atoms with Crippen molar-refractivity contribution < 1.29 is 4.39 Å². The topological polar surface area (TPSA) is 0 Å². The summed E-state index contributed by atoms with van der Waals surface area (Å²) < 4.78 is 13.0. The van der Waals surface area contributed by atoms with E-state index in [9.17, 15) is 4.39 Å². The molecule has 2 rings (SSSR count). The van der Waals surface area contributed by atoms with Gasteiger partial charge in [-0.25, -0.2) is 4.39 Å². The Morgan fingerprint density at radius 2 is 1.88 bits per heavy atom. The third kappa shape index (κ3) is 2.24. The number of halogens is 2. The summed E-state index contributed by atoms with van der Waals surface area (Å²) in [7, 11) is 0. The minimum absolute atomic E-state index is 0.247. The molecule has 0 radical (unpaired) electrons. The van der Waals surface area contributed by atoms with Crippen molar-refractivity contribution in [3.05, 3.63) is 34.6 Å². The second kappa shape index (κ2) is 4.03. The summed E-state index contributed by atoms with van der Waals surface area (Å²) in [6, 6.07) is 5.12. The Kier molecular flexibility index (Phi) is 3.00. The van der Waals surface area contributed by atoms with Crippen LogP contribution in [-0.4, -0.2) is 0 Å². The Bertz CT molecular complexity index is 386. The number of rotatable bonds is 1. The van der Waals surface area contributed by atoms with E-state index in [1.54, 1.807) is 6.07 Å². The molecule has 1 aromatic rings. The molecule has 0 N–H and O–H groups in total. The van der Waals surface area contributed by atoms with Gasteiger partial charge in [0.25, 0.3) is 0 Å². The molecule has 1 aromatic carbocycles. The van der Waals surface area contributed by atoms with Gasteiger partial charge in [0.05, 0.1) is 5.02 Å². The molecule has 0 nitrogen and oxygen atoms in total. The maximum Gasteiger partial charge on any atom is 0.141 e. The number of hydrogen-bond donors (Lipinski definition) is 0. The summed E-state index contributed by atoms with van der Waals surface area (Å²) >= 11 is 5.79. The highest BCUT2D eigenvalue weighted by molar-refractivity contribution is 6.30. The van der Waals surface area contributed by atoms with Gasteiger partial charge in [-0.2, -0.15) is 0 Å². The largest absolute Gasteiger partial charge is 0.205 e. The molecule has 0 heterocycles. The van der Waals surface area contributed by atoms with Crippen LogP contribution in [0.4, 0.5) is 4.39 Å². The van der Waals surface area contributed by atoms with Gasteiger partial charge >= 0.3 is 0 Å². The summed E-state index contributed by atoms with van der Waals surface area (Å²) in [5.74, 6) is 1.03. The zero-order valence-corrected chi connectivity index (χ0v) is 10.8. The quantitative estimate of drug-likeness (QED) is 0.647. The molecule has 16 heavy (non-hydrogen) atoms. The van der Waals surface area contributed by atoms with Crippen LogP contribution in [0.1, 0.15) is 45.1 Å². The predicted octanol–water partition coefficient (Wildman–Crippen LogP) is 5.02. The van der Waals surface area contributed by atoms with Crippen LogP contribution in [0.3, 0.4) is 0 Å². The zero-order valence-electron chi connectivity index (χ0n) is 10.1. The molecule has 1 saturated carbocycles. The molecule has 0 aromatic heterocycles. The Morgan fingerprint density at radius 3 is 2.38 bits per heavy atom. The maximum absolute atomic E-state index is 13.0. The molecule has 0 aliphatic heterocycles. The van der Waals surface area contributed by atoms with Crippen molar-refractivity contribution in [2.24, 2.45) is 11.3 Å². The molecule has 1 aliphatic carbocycles. The number of hydrogen-bond acceptors (Lipinski definition) is 0. The van der Waals surface area contributed by atoms with Crippen LogP contribution in [0, 0.1) is 17.2 Å². The zero-order chi connectivity index (χ0) is 11.9. The van der Waals surface area contributed by atoms with E-state index in [0.717, 1.165) is 5.92 Å². The lowest BCUT2D eigenvalue weighted by Gasteiger charge is -2.44. The van der Waals surface area contributed by atoms with Gasteiger partial charge in [0, 0.05) is 0 Å². The van der Waals surface area contributed by atoms with Crippen molar-refractivity contribution in [3.8, 4) is 0 Å². The second-order valence-electron chi connectivity index (χ2n) is 5.90. The van der Waals surface area contributed by atoms with E-state index in [1.807, 2.05) is 6.07 Å². The first kappa shape index (κ1) is 11.9. The first-order chi connectivity index (χ1) is 7.38. The summed E-state index contributed by atoms with van der Waals surface area (Å²) in [5.41, 5.74) is 1.58. The fraction of sp³-hybridized carbons (Fsp3) is 0.571. The standard InChI is InChI=1S/C14H18ClF/c1-14(2,3)11-6-10(7-11)9-4-5-13(16)12(15)8-9/h4-5,8,10-11H,6-7H2,1-3H3. The van der Waals surface area contributed by atoms with Crippen molar-refractivity contribution in [3.63, 3.8) is 0 Å². The molecule has 0 amide bonds. The second-order valence-corrected chi connectivity index (χ2v) is 6.31. The van der Waals surface area contributed by atoms with Crippen LogP contribution >= 0.6 is 11.6 Å². The Labute approximate surface area is 102 Å². The third-order valence-corrected chi connectivity index (χ3v) is 4.07. The van der Waals surface area contributed by atoms with Crippen molar-refractivity contribution in [2.75, 3.05) is 0 Å². The maximum atomic E-state index is 13.0. The Balaban J connectivity index is 2.04. The van der Waals surface area contributed by atoms with Crippen LogP contribution < -0.4 is 0 Å². The average molecular weight is 241 g/mol. The van der Waals surface area contributed by atoms with E-state index in [-0.39, 0.29) is 10.8 Å². The van der Waals surface area contributed by atoms with Crippen LogP contribution in [0.15, 0.2) is 18.2 Å². The molecule has 0 atom stereocenters. The highest BCUT2D eigenvalue weighted by Crippen LogP contribution is 2.50. The van der Waals surface area contributed by atoms with Crippen molar-refractivity contribution in [1.82, 2.24) is 0 Å². The first-order valence-corrected chi connectivity index (χ1v) is 6.20. The van der Waals surface area contributed by atoms with E-state index in [2.05, 4.69) is 20.8 Å². The van der Waals surface area contributed by atoms with E-state index in [0.29, 0.717) is 11.3 Å². The van der Waals surface area contributed by atoms with Crippen LogP contribution in [0.2, 0.25) is 5.02 Å². The lowest BCUT2D eigenvalue weighted by atomic mass is 9.61. The fourth-order valence-corrected chi connectivity index (χ4v) is 2.55. The minimum Gasteiger partial charge on any atom is -0.205 e. The first-order valence-electron chi connectivity index (χ1n) is 5.83. The summed E-state index contributed by atoms with van der Waals surface area (Å²) in [5, 5.41) is 0.247. The van der Waals surface area contributed by atoms with E-state index in [1.165, 1.54) is 24.5 Å². The summed E-state index contributed by atoms with van der Waals surface area (Å²) in [6.07, 6.45) is 2.40. The SMILES string of the molecule is CC(C)(C)C1CC(c2ccc(F)c(Cl)c2)C1. The van der Waals surface area contributed by atoms with Gasteiger partial charge in [-0.05, 0) is 47.8 Å². The third-order valence-electron chi connectivity index (χ3n) is 3.78. The van der Waals surface area contributed by atoms with Crippen LogP contribution in [0.5, 0.6) is 0 Å². The molecule has 0 spiro atoms. The lowest BCUT2D eigenvalue weighted by Crippen LogP contribution is -2.32. The summed E-state index contributed by atoms with van der Waals surface area (Å²) in [4.78, 5) is 0. The van der Waals surface area contributed by atoms with Crippen molar-refractivity contribution >= 4 is 11.6 Å². The molecule has 1 fully saturated rings. The molecular weight excluding hydrogens is 223 g/mol. The highest BCUT2D eigenvalue weighted by Gasteiger charge is 2.37. The van der Waals surface area contributed by atoms with E-state index >= 15 is 0 Å². The molecule has 88 valence electrons. The van der Waals surface area contributed by atoms with E-state index in [4.69, 9.17) is 11.6 Å². The van der Waals surface area contributed by atoms with Gasteiger partial charge in [0.1, 0.15) is 5.82 Å². The fourth-order valence-electron chi connectivity index (χ4n) is 2.36. The average Bonchev–Trinajstić information content (AvgIpc) is 2.06. The van der Waals surface area contributed by atoms with Gasteiger partial charge < -0.3 is 0 Å². The van der Waals surface area contributed by atoms with Gasteiger partial charge in [0.15, 0.2) is 0 Å². The van der Waals surface area contributed by atoms with Crippen molar-refractivity contribution in [1.29, 1.82) is 0 Å². The molecule has 0 bridgehead atoms. The summed E-state index contributed by atoms with van der Waals surface area (Å²) in [6.45, 7) is 6.85. The van der Waals surface area contributed by atoms with Gasteiger partial charge in [-0.15, -0.1) is 0 Å². The Morgan fingerprint density at radius 1 is 1.25 bits per heavy atom. The van der Waals surface area contributed by atoms with Gasteiger partial charge in [-0.1, -0.05) is 38.4 Å². The Hall–Kier alpha value is -0.560. The molecule has 0 unspecified atom stereocenters. The smallest absolute Gasteiger partial charge is 0.141 e. The van der Waals surface area contributed by atoms with E-state index < -0.39 is 0 Å². The minimum atomic E-state index is -0.322. The molecular formula is C14H18ClF. The highest BCUT2D eigenvalue weighted by atomic mass is 35.5. The van der Waals surface area contributed by atoms with Gasteiger partial charge in [-0.3, -0.25) is 0 Å². The molecule has 2 heteroatoms. The lowest BCUT2D eigenvalue weighted by molar-refractivity contribution is 0.115. The normalized spacial score (nSPS) is 25.3. The van der Waals surface area contributed by atoms with Crippen LogP contribution in [-0.2, 0) is 0 Å². The van der Waals surface area contributed by atoms with Crippen LogP contribution in [0.25, 0.3) is 0 Å². The molecule has 1 aliphatic rings. The number of benzene rings is 1.